The molecule has 0 aliphatic rings. The van der Waals surface area contributed by atoms with Gasteiger partial charge in [-0.1, -0.05) is 81.3 Å². The lowest BCUT2D eigenvalue weighted by Crippen LogP contribution is -2.11. The van der Waals surface area contributed by atoms with Gasteiger partial charge in [0.05, 0.1) is 0 Å². The highest BCUT2D eigenvalue weighted by Gasteiger charge is 2.07. The molecule has 2 rings (SSSR count). The summed E-state index contributed by atoms with van der Waals surface area (Å²) in [6.07, 6.45) is 2.52. The number of para-hydroxylation sites is 2. The summed E-state index contributed by atoms with van der Waals surface area (Å²) in [5.74, 6) is 1.50. The highest BCUT2D eigenvalue weighted by atomic mass is 31.1. The molecule has 3 heteroatoms. The predicted octanol–water partition coefficient (Wildman–Crippen LogP) is 5.35. The summed E-state index contributed by atoms with van der Waals surface area (Å²) in [5, 5.41) is 6.60. The molecule has 0 fully saturated rings. The van der Waals surface area contributed by atoms with E-state index in [0.29, 0.717) is 0 Å². The summed E-state index contributed by atoms with van der Waals surface area (Å²) in [5.41, 5.74) is 2.54. The molecule has 1 N–H and O–H groups in total. The van der Waals surface area contributed by atoms with Gasteiger partial charge in [0.25, 0.3) is 0 Å². The van der Waals surface area contributed by atoms with Crippen LogP contribution in [0.2, 0.25) is 0 Å². The van der Waals surface area contributed by atoms with E-state index >= 15 is 0 Å². The van der Waals surface area contributed by atoms with Gasteiger partial charge in [0, 0.05) is 11.4 Å². The molecule has 0 aliphatic heterocycles. The van der Waals surface area contributed by atoms with Crippen molar-refractivity contribution >= 4 is 39.1 Å². The maximum atomic E-state index is 3.70. The first-order chi connectivity index (χ1) is 11.1. The van der Waals surface area contributed by atoms with Gasteiger partial charge in [-0.2, -0.15) is 0 Å². The van der Waals surface area contributed by atoms with Crippen LogP contribution in [-0.2, 0) is 0 Å². The van der Waals surface area contributed by atoms with E-state index in [1.165, 1.54) is 34.3 Å². The molecule has 23 heavy (non-hydrogen) atoms. The third-order valence-corrected chi connectivity index (χ3v) is 7.20. The van der Waals surface area contributed by atoms with Crippen LogP contribution in [0.4, 0.5) is 11.4 Å². The standard InChI is InChI=1S/C20H29NP2/c1-15(2)13-22-19-11-7-5-9-17(19)21-18-10-6-8-12-20(18)23-14-16(3)4/h5-12,15-16,21-23H,13-14H2,1-4H3. The van der Waals surface area contributed by atoms with Crippen LogP contribution < -0.4 is 15.9 Å². The largest absolute Gasteiger partial charge is 0.354 e. The van der Waals surface area contributed by atoms with Crippen molar-refractivity contribution < 1.29 is 0 Å². The molecular weight excluding hydrogens is 316 g/mol. The minimum absolute atomic E-state index is 0.751. The lowest BCUT2D eigenvalue weighted by Gasteiger charge is -2.16. The highest BCUT2D eigenvalue weighted by Crippen LogP contribution is 2.25. The number of nitrogens with one attached hydrogen (secondary N) is 1. The number of hydrogen-bond acceptors (Lipinski definition) is 1. The average Bonchev–Trinajstić information content (AvgIpc) is 2.53. The van der Waals surface area contributed by atoms with Crippen LogP contribution in [-0.4, -0.2) is 12.3 Å². The highest BCUT2D eigenvalue weighted by molar-refractivity contribution is 7.48. The van der Waals surface area contributed by atoms with Gasteiger partial charge in [0.15, 0.2) is 0 Å². The maximum Gasteiger partial charge on any atom is 0.0459 e. The summed E-state index contributed by atoms with van der Waals surface area (Å²) in [4.78, 5) is 0. The van der Waals surface area contributed by atoms with Gasteiger partial charge in [0.2, 0.25) is 0 Å². The summed E-state index contributed by atoms with van der Waals surface area (Å²) >= 11 is 0. The van der Waals surface area contributed by atoms with E-state index in [9.17, 15) is 0 Å². The SMILES string of the molecule is CC(C)CPc1ccccc1Nc1ccccc1PCC(C)C. The van der Waals surface area contributed by atoms with E-state index in [4.69, 9.17) is 0 Å². The van der Waals surface area contributed by atoms with Crippen molar-refractivity contribution in [2.45, 2.75) is 27.7 Å². The fourth-order valence-corrected chi connectivity index (χ4v) is 4.62. The first-order valence-electron chi connectivity index (χ1n) is 8.49. The van der Waals surface area contributed by atoms with E-state index in [2.05, 4.69) is 81.5 Å². The first-order valence-corrected chi connectivity index (χ1v) is 10.9. The van der Waals surface area contributed by atoms with Crippen molar-refractivity contribution in [3.63, 3.8) is 0 Å². The van der Waals surface area contributed by atoms with Gasteiger partial charge in [-0.3, -0.25) is 0 Å². The second kappa shape index (κ2) is 9.41. The third-order valence-electron chi connectivity index (χ3n) is 3.52. The lowest BCUT2D eigenvalue weighted by atomic mass is 10.2. The minimum Gasteiger partial charge on any atom is -0.354 e. The average molecular weight is 345 g/mol. The topological polar surface area (TPSA) is 12.0 Å². The van der Waals surface area contributed by atoms with E-state index in [1.807, 2.05) is 0 Å². The first kappa shape index (κ1) is 18.4. The zero-order valence-corrected chi connectivity index (χ0v) is 16.7. The van der Waals surface area contributed by atoms with Crippen molar-refractivity contribution in [1.29, 1.82) is 0 Å². The molecule has 0 saturated heterocycles. The Morgan fingerprint density at radius 1 is 0.696 bits per heavy atom. The Morgan fingerprint density at radius 3 is 1.48 bits per heavy atom. The van der Waals surface area contributed by atoms with Crippen LogP contribution in [0.15, 0.2) is 48.5 Å². The fourth-order valence-electron chi connectivity index (χ4n) is 2.27. The third kappa shape index (κ3) is 6.25. The fraction of sp³-hybridized carbons (Fsp3) is 0.400. The second-order valence-corrected chi connectivity index (χ2v) is 9.37. The molecule has 2 unspecified atom stereocenters. The molecule has 2 aromatic rings. The van der Waals surface area contributed by atoms with Crippen LogP contribution >= 0.6 is 17.2 Å². The van der Waals surface area contributed by atoms with Gasteiger partial charge in [-0.15, -0.1) is 0 Å². The van der Waals surface area contributed by atoms with Crippen LogP contribution in [0.25, 0.3) is 0 Å². The van der Waals surface area contributed by atoms with Crippen molar-refractivity contribution in [3.05, 3.63) is 48.5 Å². The Balaban J connectivity index is 2.16. The molecule has 0 aliphatic carbocycles. The summed E-state index contributed by atoms with van der Waals surface area (Å²) < 4.78 is 0. The van der Waals surface area contributed by atoms with Gasteiger partial charge in [0.1, 0.15) is 0 Å². The number of rotatable bonds is 8. The molecule has 0 saturated carbocycles. The lowest BCUT2D eigenvalue weighted by molar-refractivity contribution is 0.749. The maximum absolute atomic E-state index is 3.70. The summed E-state index contributed by atoms with van der Waals surface area (Å²) in [6, 6.07) is 17.5. The number of benzene rings is 2. The van der Waals surface area contributed by atoms with Crippen molar-refractivity contribution in [3.8, 4) is 0 Å². The second-order valence-electron chi connectivity index (χ2n) is 6.77. The molecule has 0 amide bonds. The molecule has 0 aromatic heterocycles. The van der Waals surface area contributed by atoms with Crippen molar-refractivity contribution in [2.24, 2.45) is 11.8 Å². The Labute approximate surface area is 145 Å². The quantitative estimate of drug-likeness (QED) is 0.636. The minimum atomic E-state index is 0.751. The van der Waals surface area contributed by atoms with Gasteiger partial charge >= 0.3 is 0 Å². The summed E-state index contributed by atoms with van der Waals surface area (Å²) in [6.45, 7) is 9.19. The Morgan fingerprint density at radius 2 is 1.09 bits per heavy atom. The number of hydrogen-bond donors (Lipinski definition) is 1. The summed E-state index contributed by atoms with van der Waals surface area (Å²) in [7, 11) is 1.74. The van der Waals surface area contributed by atoms with E-state index in [0.717, 1.165) is 29.0 Å². The molecule has 0 spiro atoms. The Hall–Kier alpha value is -0.900. The molecule has 2 aromatic carbocycles. The van der Waals surface area contributed by atoms with Gasteiger partial charge in [-0.05, 0) is 46.9 Å². The van der Waals surface area contributed by atoms with Crippen molar-refractivity contribution in [1.82, 2.24) is 0 Å². The van der Waals surface area contributed by atoms with Crippen LogP contribution in [0, 0.1) is 11.8 Å². The van der Waals surface area contributed by atoms with E-state index < -0.39 is 0 Å². The van der Waals surface area contributed by atoms with Gasteiger partial charge < -0.3 is 5.32 Å². The molecule has 2 atom stereocenters. The number of anilines is 2. The molecular formula is C20H29NP2. The van der Waals surface area contributed by atoms with Gasteiger partial charge in [-0.25, -0.2) is 0 Å². The Kier molecular flexibility index (Phi) is 7.54. The zero-order valence-electron chi connectivity index (χ0n) is 14.7. The monoisotopic (exact) mass is 345 g/mol. The van der Waals surface area contributed by atoms with Crippen LogP contribution in [0.5, 0.6) is 0 Å². The van der Waals surface area contributed by atoms with Crippen molar-refractivity contribution in [2.75, 3.05) is 17.6 Å². The molecule has 124 valence electrons. The molecule has 1 nitrogen and oxygen atoms in total. The molecule has 0 radical (unpaired) electrons. The molecule has 0 bridgehead atoms. The zero-order chi connectivity index (χ0) is 16.7. The normalized spacial score (nSPS) is 12.3. The van der Waals surface area contributed by atoms with E-state index in [-0.39, 0.29) is 0 Å². The van der Waals surface area contributed by atoms with E-state index in [1.54, 1.807) is 0 Å². The molecule has 0 heterocycles. The Bertz CT molecular complexity index is 555. The smallest absolute Gasteiger partial charge is 0.0459 e. The van der Waals surface area contributed by atoms with Crippen LogP contribution in [0.1, 0.15) is 27.7 Å². The van der Waals surface area contributed by atoms with Crippen LogP contribution in [0.3, 0.4) is 0 Å². The predicted molar refractivity (Wildman–Crippen MR) is 111 cm³/mol.